The Bertz CT molecular complexity index is 352. The fourth-order valence-corrected chi connectivity index (χ4v) is 3.43. The Hall–Kier alpha value is -1.10. The summed E-state index contributed by atoms with van der Waals surface area (Å²) in [7, 11) is 0. The van der Waals surface area contributed by atoms with Gasteiger partial charge < -0.3 is 15.5 Å². The van der Waals surface area contributed by atoms with E-state index >= 15 is 0 Å². The summed E-state index contributed by atoms with van der Waals surface area (Å²) in [5, 5.41) is 6.33. The second-order valence-corrected chi connectivity index (χ2v) is 5.69. The van der Waals surface area contributed by atoms with E-state index in [9.17, 15) is 9.59 Å². The van der Waals surface area contributed by atoms with Gasteiger partial charge in [-0.15, -0.1) is 0 Å². The number of hydrogen-bond donors (Lipinski definition) is 2. The van der Waals surface area contributed by atoms with Crippen LogP contribution in [-0.4, -0.2) is 48.4 Å². The van der Waals surface area contributed by atoms with Crippen LogP contribution in [0.4, 0.5) is 0 Å². The van der Waals surface area contributed by atoms with Gasteiger partial charge in [0.25, 0.3) is 0 Å². The van der Waals surface area contributed by atoms with Crippen molar-refractivity contribution in [3.05, 3.63) is 0 Å². The smallest absolute Gasteiger partial charge is 0.239 e. The maximum Gasteiger partial charge on any atom is 0.239 e. The lowest BCUT2D eigenvalue weighted by molar-refractivity contribution is -0.136. The molecule has 5 heteroatoms. The van der Waals surface area contributed by atoms with Crippen molar-refractivity contribution < 1.29 is 9.59 Å². The van der Waals surface area contributed by atoms with Crippen LogP contribution >= 0.6 is 0 Å². The first kappa shape index (κ1) is 12.0. The fraction of sp³-hybridized carbons (Fsp3) is 0.846. The molecule has 3 rings (SSSR count). The van der Waals surface area contributed by atoms with Gasteiger partial charge >= 0.3 is 0 Å². The molecule has 0 saturated carbocycles. The Morgan fingerprint density at radius 2 is 2.17 bits per heavy atom. The Morgan fingerprint density at radius 3 is 2.94 bits per heavy atom. The molecule has 0 aliphatic carbocycles. The van der Waals surface area contributed by atoms with Crippen LogP contribution in [-0.2, 0) is 9.59 Å². The van der Waals surface area contributed by atoms with Gasteiger partial charge in [0, 0.05) is 25.6 Å². The maximum absolute atomic E-state index is 12.3. The molecule has 0 bridgehead atoms. The van der Waals surface area contributed by atoms with Crippen LogP contribution in [0.15, 0.2) is 0 Å². The highest BCUT2D eigenvalue weighted by Crippen LogP contribution is 2.26. The number of rotatable bonds is 1. The Morgan fingerprint density at radius 1 is 1.28 bits per heavy atom. The zero-order chi connectivity index (χ0) is 12.5. The highest BCUT2D eigenvalue weighted by molar-refractivity contribution is 5.82. The predicted octanol–water partition coefficient (Wildman–Crippen LogP) is -0.134. The summed E-state index contributed by atoms with van der Waals surface area (Å²) in [4.78, 5) is 25.7. The molecule has 18 heavy (non-hydrogen) atoms. The number of nitrogens with one attached hydrogen (secondary N) is 2. The zero-order valence-corrected chi connectivity index (χ0v) is 10.7. The number of fused-ring (bicyclic) bond motifs is 1. The molecule has 3 saturated heterocycles. The summed E-state index contributed by atoms with van der Waals surface area (Å²) < 4.78 is 0. The molecule has 3 aliphatic rings. The number of piperidine rings is 2. The van der Waals surface area contributed by atoms with Gasteiger partial charge in [0.1, 0.15) is 0 Å². The van der Waals surface area contributed by atoms with Crippen molar-refractivity contribution in [3.63, 3.8) is 0 Å². The summed E-state index contributed by atoms with van der Waals surface area (Å²) >= 11 is 0. The van der Waals surface area contributed by atoms with Gasteiger partial charge in [-0.05, 0) is 38.1 Å². The molecule has 0 aromatic carbocycles. The Labute approximate surface area is 107 Å². The molecule has 2 N–H and O–H groups in total. The lowest BCUT2D eigenvalue weighted by atomic mass is 9.85. The van der Waals surface area contributed by atoms with Gasteiger partial charge in [0.15, 0.2) is 0 Å². The van der Waals surface area contributed by atoms with Crippen molar-refractivity contribution in [1.29, 1.82) is 0 Å². The number of hydrogen-bond acceptors (Lipinski definition) is 3. The third-order valence-electron chi connectivity index (χ3n) is 4.49. The zero-order valence-electron chi connectivity index (χ0n) is 10.7. The summed E-state index contributed by atoms with van der Waals surface area (Å²) in [6.07, 6.45) is 4.53. The second-order valence-electron chi connectivity index (χ2n) is 5.69. The van der Waals surface area contributed by atoms with E-state index in [1.54, 1.807) is 0 Å². The van der Waals surface area contributed by atoms with E-state index in [0.717, 1.165) is 45.3 Å². The van der Waals surface area contributed by atoms with E-state index < -0.39 is 0 Å². The maximum atomic E-state index is 12.3. The molecule has 3 atom stereocenters. The summed E-state index contributed by atoms with van der Waals surface area (Å²) in [5.74, 6) is 0.901. The average molecular weight is 251 g/mol. The molecule has 0 aromatic heterocycles. The topological polar surface area (TPSA) is 61.4 Å². The third kappa shape index (κ3) is 2.23. The number of carbonyl (C=O) groups is 2. The standard InChI is InChI=1S/C13H21N3O2/c17-12-4-3-9-8-16(7-5-10(9)15-12)13(18)11-2-1-6-14-11/h9-11,14H,1-8H2,(H,15,17)/t9?,10?,11-/m1/s1. The highest BCUT2D eigenvalue weighted by Gasteiger charge is 2.37. The second kappa shape index (κ2) is 4.88. The minimum absolute atomic E-state index is 0.0414. The summed E-state index contributed by atoms with van der Waals surface area (Å²) in [6, 6.07) is 0.339. The van der Waals surface area contributed by atoms with Crippen molar-refractivity contribution in [2.75, 3.05) is 19.6 Å². The van der Waals surface area contributed by atoms with Gasteiger partial charge in [-0.3, -0.25) is 9.59 Å². The van der Waals surface area contributed by atoms with Crippen molar-refractivity contribution in [1.82, 2.24) is 15.5 Å². The van der Waals surface area contributed by atoms with Crippen molar-refractivity contribution >= 4 is 11.8 Å². The number of likely N-dealkylation sites (tertiary alicyclic amines) is 1. The van der Waals surface area contributed by atoms with E-state index in [1.165, 1.54) is 0 Å². The highest BCUT2D eigenvalue weighted by atomic mass is 16.2. The molecule has 5 nitrogen and oxygen atoms in total. The van der Waals surface area contributed by atoms with Crippen molar-refractivity contribution in [2.45, 2.75) is 44.2 Å². The van der Waals surface area contributed by atoms with Crippen molar-refractivity contribution in [2.24, 2.45) is 5.92 Å². The SMILES string of the molecule is O=C1CCC2CN(C(=O)[C@H]3CCCN3)CCC2N1. The normalized spacial score (nSPS) is 36.1. The van der Waals surface area contributed by atoms with Gasteiger partial charge in [0.2, 0.25) is 11.8 Å². The first-order valence-electron chi connectivity index (χ1n) is 7.05. The van der Waals surface area contributed by atoms with Crippen molar-refractivity contribution in [3.8, 4) is 0 Å². The van der Waals surface area contributed by atoms with Crippen LogP contribution in [0.1, 0.15) is 32.1 Å². The monoisotopic (exact) mass is 251 g/mol. The third-order valence-corrected chi connectivity index (χ3v) is 4.49. The minimum atomic E-state index is 0.0414. The predicted molar refractivity (Wildman–Crippen MR) is 66.9 cm³/mol. The first-order chi connectivity index (χ1) is 8.74. The molecule has 3 heterocycles. The first-order valence-corrected chi connectivity index (χ1v) is 7.05. The van der Waals surface area contributed by atoms with Crippen LogP contribution < -0.4 is 10.6 Å². The number of amides is 2. The van der Waals surface area contributed by atoms with E-state index in [1.807, 2.05) is 4.90 Å². The van der Waals surface area contributed by atoms with Crippen LogP contribution in [0.5, 0.6) is 0 Å². The lowest BCUT2D eigenvalue weighted by Gasteiger charge is -2.42. The van der Waals surface area contributed by atoms with E-state index in [0.29, 0.717) is 18.4 Å². The summed E-state index contributed by atoms with van der Waals surface area (Å²) in [5.41, 5.74) is 0. The molecule has 2 unspecified atom stereocenters. The van der Waals surface area contributed by atoms with E-state index in [2.05, 4.69) is 10.6 Å². The molecular weight excluding hydrogens is 230 g/mol. The van der Waals surface area contributed by atoms with Gasteiger partial charge in [0.05, 0.1) is 6.04 Å². The van der Waals surface area contributed by atoms with Crippen LogP contribution in [0.3, 0.4) is 0 Å². The molecule has 0 radical (unpaired) electrons. The number of nitrogens with zero attached hydrogens (tertiary/aromatic N) is 1. The fourth-order valence-electron chi connectivity index (χ4n) is 3.43. The molecule has 3 aliphatic heterocycles. The van der Waals surface area contributed by atoms with Gasteiger partial charge in [-0.2, -0.15) is 0 Å². The molecule has 3 fully saturated rings. The van der Waals surface area contributed by atoms with E-state index in [4.69, 9.17) is 0 Å². The molecular formula is C13H21N3O2. The molecule has 2 amide bonds. The molecule has 0 spiro atoms. The largest absolute Gasteiger partial charge is 0.353 e. The van der Waals surface area contributed by atoms with Crippen LogP contribution in [0.25, 0.3) is 0 Å². The van der Waals surface area contributed by atoms with E-state index in [-0.39, 0.29) is 17.9 Å². The van der Waals surface area contributed by atoms with Gasteiger partial charge in [-0.25, -0.2) is 0 Å². The van der Waals surface area contributed by atoms with Crippen LogP contribution in [0, 0.1) is 5.92 Å². The number of carbonyl (C=O) groups excluding carboxylic acids is 2. The Kier molecular flexibility index (Phi) is 3.24. The van der Waals surface area contributed by atoms with Gasteiger partial charge in [-0.1, -0.05) is 0 Å². The minimum Gasteiger partial charge on any atom is -0.353 e. The lowest BCUT2D eigenvalue weighted by Crippen LogP contribution is -2.57. The van der Waals surface area contributed by atoms with Crippen LogP contribution in [0.2, 0.25) is 0 Å². The molecule has 0 aromatic rings. The Balaban J connectivity index is 1.59. The molecule has 100 valence electrons. The summed E-state index contributed by atoms with van der Waals surface area (Å²) in [6.45, 7) is 2.58. The average Bonchev–Trinajstić information content (AvgIpc) is 2.91. The quantitative estimate of drug-likeness (QED) is 0.682.